The molecular weight excluding hydrogens is 280 g/mol. The largest absolute Gasteiger partial charge is 0.444 e. The van der Waals surface area contributed by atoms with Crippen LogP contribution in [0.2, 0.25) is 0 Å². The minimum Gasteiger partial charge on any atom is -0.444 e. The van der Waals surface area contributed by atoms with Crippen molar-refractivity contribution in [2.24, 2.45) is 0 Å². The number of carbonyl (C=O) groups is 1. The normalized spacial score (nSPS) is 17.0. The summed E-state index contributed by atoms with van der Waals surface area (Å²) in [5.41, 5.74) is 2.40. The summed E-state index contributed by atoms with van der Waals surface area (Å²) in [5.74, 6) is 0. The summed E-state index contributed by atoms with van der Waals surface area (Å²) in [5, 5.41) is 9.48. The molecule has 1 amide bonds. The maximum absolute atomic E-state index is 12.0. The van der Waals surface area contributed by atoms with E-state index in [1.165, 1.54) is 5.57 Å². The van der Waals surface area contributed by atoms with Gasteiger partial charge >= 0.3 is 6.09 Å². The Bertz CT molecular complexity index is 556. The lowest BCUT2D eigenvalue weighted by Crippen LogP contribution is -2.39. The number of aliphatic hydroxyl groups is 1. The number of aliphatic hydroxyl groups excluding tert-OH is 1. The molecule has 0 radical (unpaired) electrons. The molecule has 2 rings (SSSR count). The first-order chi connectivity index (χ1) is 10.3. The van der Waals surface area contributed by atoms with Gasteiger partial charge in [-0.2, -0.15) is 0 Å². The summed E-state index contributed by atoms with van der Waals surface area (Å²) >= 11 is 0. The quantitative estimate of drug-likeness (QED) is 0.911. The van der Waals surface area contributed by atoms with Gasteiger partial charge in [-0.05, 0) is 51.3 Å². The highest BCUT2D eigenvalue weighted by Gasteiger charge is 2.23. The third-order valence-corrected chi connectivity index (χ3v) is 3.45. The second-order valence-corrected chi connectivity index (χ2v) is 6.55. The number of rotatable bonds is 2. The first-order valence-electron chi connectivity index (χ1n) is 7.57. The second kappa shape index (κ2) is 6.48. The van der Waals surface area contributed by atoms with Crippen molar-refractivity contribution in [2.75, 3.05) is 13.1 Å². The van der Waals surface area contributed by atoms with Gasteiger partial charge in [0.1, 0.15) is 5.60 Å². The molecule has 0 bridgehead atoms. The molecule has 120 valence electrons. The molecule has 5 heteroatoms. The lowest BCUT2D eigenvalue weighted by atomic mass is 10.0. The maximum Gasteiger partial charge on any atom is 0.410 e. The van der Waals surface area contributed by atoms with E-state index in [9.17, 15) is 9.90 Å². The third-order valence-electron chi connectivity index (χ3n) is 3.45. The Morgan fingerprint density at radius 3 is 2.59 bits per heavy atom. The summed E-state index contributed by atoms with van der Waals surface area (Å²) in [6.45, 7) is 8.48. The van der Waals surface area contributed by atoms with Crippen molar-refractivity contribution in [3.63, 3.8) is 0 Å². The zero-order valence-corrected chi connectivity index (χ0v) is 13.7. The van der Waals surface area contributed by atoms with Crippen LogP contribution in [-0.2, 0) is 4.74 Å². The molecular formula is C17H24N2O3. The molecule has 0 aliphatic carbocycles. The first kappa shape index (κ1) is 16.5. The Balaban J connectivity index is 2.00. The molecule has 1 unspecified atom stereocenters. The van der Waals surface area contributed by atoms with Crippen molar-refractivity contribution in [2.45, 2.75) is 45.8 Å². The number of carbonyl (C=O) groups excluding carboxylic acids is 1. The first-order valence-corrected chi connectivity index (χ1v) is 7.57. The van der Waals surface area contributed by atoms with Gasteiger partial charge in [-0.1, -0.05) is 12.1 Å². The van der Waals surface area contributed by atoms with E-state index in [1.54, 1.807) is 18.0 Å². The zero-order chi connectivity index (χ0) is 16.3. The molecule has 1 N–H and O–H groups in total. The van der Waals surface area contributed by atoms with Crippen molar-refractivity contribution in [3.8, 4) is 0 Å². The summed E-state index contributed by atoms with van der Waals surface area (Å²) in [4.78, 5) is 18.0. The molecule has 1 aromatic heterocycles. The van der Waals surface area contributed by atoms with Crippen molar-refractivity contribution >= 4 is 11.7 Å². The number of amides is 1. The average molecular weight is 304 g/mol. The van der Waals surface area contributed by atoms with Crippen LogP contribution in [-0.4, -0.2) is 39.8 Å². The fourth-order valence-electron chi connectivity index (χ4n) is 2.27. The lowest BCUT2D eigenvalue weighted by Gasteiger charge is -2.29. The van der Waals surface area contributed by atoms with Gasteiger partial charge in [-0.3, -0.25) is 4.98 Å². The number of pyridine rings is 1. The van der Waals surface area contributed by atoms with Crippen LogP contribution in [0.3, 0.4) is 0 Å². The Morgan fingerprint density at radius 2 is 2.14 bits per heavy atom. The second-order valence-electron chi connectivity index (χ2n) is 6.55. The van der Waals surface area contributed by atoms with Crippen LogP contribution in [0.1, 0.15) is 51.5 Å². The number of ether oxygens (including phenoxy) is 1. The molecule has 0 fully saturated rings. The molecule has 5 nitrogen and oxygen atoms in total. The van der Waals surface area contributed by atoms with Gasteiger partial charge in [-0.25, -0.2) is 4.79 Å². The van der Waals surface area contributed by atoms with E-state index < -0.39 is 11.7 Å². The fraction of sp³-hybridized carbons (Fsp3) is 0.529. The van der Waals surface area contributed by atoms with Crippen LogP contribution < -0.4 is 0 Å². The lowest BCUT2D eigenvalue weighted by molar-refractivity contribution is 0.0270. The topological polar surface area (TPSA) is 62.7 Å². The highest BCUT2D eigenvalue weighted by Crippen LogP contribution is 2.23. The fourth-order valence-corrected chi connectivity index (χ4v) is 2.27. The average Bonchev–Trinajstić information content (AvgIpc) is 2.46. The molecule has 1 aliphatic rings. The molecule has 1 aromatic rings. The molecule has 2 heterocycles. The Hall–Kier alpha value is -1.88. The van der Waals surface area contributed by atoms with Gasteiger partial charge in [0.2, 0.25) is 0 Å². The minimum atomic E-state index is -0.558. The molecule has 22 heavy (non-hydrogen) atoms. The van der Waals surface area contributed by atoms with Gasteiger partial charge in [0.25, 0.3) is 0 Å². The van der Waals surface area contributed by atoms with Gasteiger partial charge in [0, 0.05) is 19.3 Å². The minimum absolute atomic E-state index is 0.273. The van der Waals surface area contributed by atoms with Crippen LogP contribution in [0.5, 0.6) is 0 Å². The van der Waals surface area contributed by atoms with Crippen molar-refractivity contribution in [1.29, 1.82) is 0 Å². The van der Waals surface area contributed by atoms with Crippen LogP contribution in [0, 0.1) is 0 Å². The summed E-state index contributed by atoms with van der Waals surface area (Å²) in [6, 6.07) is 3.80. The van der Waals surface area contributed by atoms with E-state index in [2.05, 4.69) is 4.98 Å². The van der Waals surface area contributed by atoms with Gasteiger partial charge < -0.3 is 14.7 Å². The summed E-state index contributed by atoms with van der Waals surface area (Å²) < 4.78 is 5.38. The Kier molecular flexibility index (Phi) is 4.86. The molecule has 0 saturated carbocycles. The van der Waals surface area contributed by atoms with E-state index in [0.29, 0.717) is 18.8 Å². The molecule has 1 aliphatic heterocycles. The number of aromatic nitrogens is 1. The van der Waals surface area contributed by atoms with E-state index >= 15 is 0 Å². The molecule has 0 spiro atoms. The predicted molar refractivity (Wildman–Crippen MR) is 85.3 cm³/mol. The number of hydrogen-bond acceptors (Lipinski definition) is 4. The Labute approximate surface area is 131 Å². The van der Waals surface area contributed by atoms with E-state index in [-0.39, 0.29) is 6.09 Å². The maximum atomic E-state index is 12.0. The Morgan fingerprint density at radius 1 is 1.41 bits per heavy atom. The third kappa shape index (κ3) is 4.31. The summed E-state index contributed by atoms with van der Waals surface area (Å²) in [6.07, 6.45) is 3.75. The number of hydrogen-bond donors (Lipinski definition) is 1. The molecule has 0 aromatic carbocycles. The van der Waals surface area contributed by atoms with E-state index in [1.807, 2.05) is 39.0 Å². The van der Waals surface area contributed by atoms with Gasteiger partial charge in [0.05, 0.1) is 11.8 Å². The highest BCUT2D eigenvalue weighted by molar-refractivity contribution is 5.72. The van der Waals surface area contributed by atoms with Crippen molar-refractivity contribution in [3.05, 3.63) is 35.7 Å². The summed E-state index contributed by atoms with van der Waals surface area (Å²) in [7, 11) is 0. The molecule has 0 saturated heterocycles. The van der Waals surface area contributed by atoms with Crippen LogP contribution in [0.15, 0.2) is 24.4 Å². The van der Waals surface area contributed by atoms with Gasteiger partial charge in [0.15, 0.2) is 0 Å². The predicted octanol–water partition coefficient (Wildman–Crippen LogP) is 3.16. The molecule has 1 atom stereocenters. The standard InChI is InChI=1S/C17H24N2O3/c1-12(20)15-6-5-14(11-18-15)13-7-9-19(10-8-13)16(21)22-17(2,3)4/h5-7,11-12,20H,8-10H2,1-4H3. The van der Waals surface area contributed by atoms with Crippen LogP contribution >= 0.6 is 0 Å². The smallest absolute Gasteiger partial charge is 0.410 e. The van der Waals surface area contributed by atoms with E-state index in [0.717, 1.165) is 12.0 Å². The van der Waals surface area contributed by atoms with Crippen LogP contribution in [0.4, 0.5) is 4.79 Å². The van der Waals surface area contributed by atoms with Crippen LogP contribution in [0.25, 0.3) is 5.57 Å². The van der Waals surface area contributed by atoms with E-state index in [4.69, 9.17) is 4.74 Å². The van der Waals surface area contributed by atoms with Crippen molar-refractivity contribution in [1.82, 2.24) is 9.88 Å². The van der Waals surface area contributed by atoms with Crippen molar-refractivity contribution < 1.29 is 14.6 Å². The number of nitrogens with zero attached hydrogens (tertiary/aromatic N) is 2. The monoisotopic (exact) mass is 304 g/mol. The van der Waals surface area contributed by atoms with Gasteiger partial charge in [-0.15, -0.1) is 0 Å². The SMILES string of the molecule is CC(O)c1ccc(C2=CCN(C(=O)OC(C)(C)C)CC2)cn1. The zero-order valence-electron chi connectivity index (χ0n) is 13.7. The highest BCUT2D eigenvalue weighted by atomic mass is 16.6.